The summed E-state index contributed by atoms with van der Waals surface area (Å²) in [6.45, 7) is 2.54. The molecule has 0 aliphatic heterocycles. The first-order valence-corrected chi connectivity index (χ1v) is 6.34. The van der Waals surface area contributed by atoms with Crippen molar-refractivity contribution in [3.8, 4) is 17.2 Å². The molecule has 0 fully saturated rings. The maximum absolute atomic E-state index is 11.3. The average molecular weight is 283 g/mol. The highest BCUT2D eigenvalue weighted by Crippen LogP contribution is 2.38. The van der Waals surface area contributed by atoms with Crippen LogP contribution >= 0.6 is 0 Å². The van der Waals surface area contributed by atoms with Crippen LogP contribution in [0.3, 0.4) is 0 Å². The van der Waals surface area contributed by atoms with E-state index < -0.39 is 5.97 Å². The molecular weight excluding hydrogens is 262 g/mol. The van der Waals surface area contributed by atoms with E-state index in [-0.39, 0.29) is 6.61 Å². The fourth-order valence-electron chi connectivity index (χ4n) is 1.72. The van der Waals surface area contributed by atoms with Gasteiger partial charge in [-0.3, -0.25) is 0 Å². The van der Waals surface area contributed by atoms with E-state index in [1.807, 2.05) is 19.2 Å². The number of benzene rings is 1. The molecule has 1 aromatic rings. The first kappa shape index (κ1) is 16.1. The highest BCUT2D eigenvalue weighted by Gasteiger charge is 2.15. The van der Waals surface area contributed by atoms with Crippen molar-refractivity contribution in [2.45, 2.75) is 13.5 Å². The molecule has 0 aliphatic carbocycles. The van der Waals surface area contributed by atoms with Crippen molar-refractivity contribution >= 4 is 5.97 Å². The zero-order valence-electron chi connectivity index (χ0n) is 12.3. The van der Waals surface area contributed by atoms with Crippen LogP contribution in [0.1, 0.15) is 12.5 Å². The molecule has 1 aromatic carbocycles. The van der Waals surface area contributed by atoms with Gasteiger partial charge in [0.2, 0.25) is 5.75 Å². The molecule has 112 valence electrons. The molecule has 0 radical (unpaired) electrons. The largest absolute Gasteiger partial charge is 0.493 e. The van der Waals surface area contributed by atoms with Gasteiger partial charge in [0.05, 0.1) is 20.8 Å². The predicted octanol–water partition coefficient (Wildman–Crippen LogP) is 1.37. The van der Waals surface area contributed by atoms with Gasteiger partial charge in [-0.25, -0.2) is 4.79 Å². The van der Waals surface area contributed by atoms with E-state index in [0.29, 0.717) is 30.4 Å². The predicted molar refractivity (Wildman–Crippen MR) is 74.4 cm³/mol. The lowest BCUT2D eigenvalue weighted by molar-refractivity contribution is -0.145. The second-order valence-corrected chi connectivity index (χ2v) is 3.95. The molecule has 0 saturated heterocycles. The molecule has 0 saturated carbocycles. The van der Waals surface area contributed by atoms with Crippen molar-refractivity contribution in [3.05, 3.63) is 17.7 Å². The molecule has 1 rings (SSSR count). The lowest BCUT2D eigenvalue weighted by Crippen LogP contribution is -2.15. The minimum absolute atomic E-state index is 0.189. The quantitative estimate of drug-likeness (QED) is 0.727. The van der Waals surface area contributed by atoms with Gasteiger partial charge in [-0.1, -0.05) is 0 Å². The van der Waals surface area contributed by atoms with Crippen molar-refractivity contribution in [1.82, 2.24) is 5.32 Å². The highest BCUT2D eigenvalue weighted by molar-refractivity contribution is 5.71. The summed E-state index contributed by atoms with van der Waals surface area (Å²) in [5.74, 6) is 0.983. The summed E-state index contributed by atoms with van der Waals surface area (Å²) in [5, 5.41) is 3.05. The number of hydrogen-bond donors (Lipinski definition) is 1. The summed E-state index contributed by atoms with van der Waals surface area (Å²) in [6.07, 6.45) is 0. The van der Waals surface area contributed by atoms with Crippen molar-refractivity contribution in [2.24, 2.45) is 0 Å². The molecule has 1 N–H and O–H groups in total. The maximum Gasteiger partial charge on any atom is 0.344 e. The summed E-state index contributed by atoms with van der Waals surface area (Å²) < 4.78 is 20.8. The zero-order chi connectivity index (χ0) is 15.0. The van der Waals surface area contributed by atoms with E-state index in [0.717, 1.165) is 5.56 Å². The maximum atomic E-state index is 11.3. The third-order valence-corrected chi connectivity index (χ3v) is 2.54. The number of esters is 1. The first-order valence-electron chi connectivity index (χ1n) is 6.34. The van der Waals surface area contributed by atoms with Gasteiger partial charge in [0.25, 0.3) is 0 Å². The summed E-state index contributed by atoms with van der Waals surface area (Å²) in [6, 6.07) is 3.67. The van der Waals surface area contributed by atoms with Gasteiger partial charge < -0.3 is 24.3 Å². The normalized spacial score (nSPS) is 10.0. The molecule has 0 amide bonds. The molecule has 20 heavy (non-hydrogen) atoms. The summed E-state index contributed by atoms with van der Waals surface area (Å²) in [7, 11) is 4.93. The van der Waals surface area contributed by atoms with Crippen LogP contribution in [0.5, 0.6) is 17.2 Å². The van der Waals surface area contributed by atoms with Crippen molar-refractivity contribution < 1.29 is 23.7 Å². The van der Waals surface area contributed by atoms with Crippen molar-refractivity contribution in [3.63, 3.8) is 0 Å². The Balaban J connectivity index is 2.94. The molecule has 0 atom stereocenters. The number of nitrogens with one attached hydrogen (secondary N) is 1. The Morgan fingerprint density at radius 2 is 1.80 bits per heavy atom. The number of ether oxygens (including phenoxy) is 4. The van der Waals surface area contributed by atoms with E-state index >= 15 is 0 Å². The van der Waals surface area contributed by atoms with Crippen LogP contribution in [-0.2, 0) is 16.1 Å². The van der Waals surface area contributed by atoms with Gasteiger partial charge in [-0.05, 0) is 31.7 Å². The Kier molecular flexibility index (Phi) is 6.66. The number of hydrogen-bond acceptors (Lipinski definition) is 6. The lowest BCUT2D eigenvalue weighted by Gasteiger charge is -2.15. The summed E-state index contributed by atoms with van der Waals surface area (Å²) in [5.41, 5.74) is 0.990. The summed E-state index contributed by atoms with van der Waals surface area (Å²) >= 11 is 0. The molecule has 0 bridgehead atoms. The number of methoxy groups -OCH3 is 2. The van der Waals surface area contributed by atoms with Crippen LogP contribution in [-0.4, -0.2) is 40.5 Å². The average Bonchev–Trinajstić information content (AvgIpc) is 2.45. The standard InChI is InChI=1S/C14H21NO5/c1-5-19-13(16)9-20-14-11(17-3)6-10(8-15-2)7-12(14)18-4/h6-7,15H,5,8-9H2,1-4H3. The van der Waals surface area contributed by atoms with Crippen molar-refractivity contribution in [2.75, 3.05) is 34.5 Å². The second-order valence-electron chi connectivity index (χ2n) is 3.95. The van der Waals surface area contributed by atoms with Gasteiger partial charge in [-0.15, -0.1) is 0 Å². The minimum Gasteiger partial charge on any atom is -0.493 e. The zero-order valence-corrected chi connectivity index (χ0v) is 12.3. The molecular formula is C14H21NO5. The highest BCUT2D eigenvalue weighted by atomic mass is 16.6. The smallest absolute Gasteiger partial charge is 0.344 e. The van der Waals surface area contributed by atoms with E-state index in [9.17, 15) is 4.79 Å². The van der Waals surface area contributed by atoms with E-state index in [1.54, 1.807) is 6.92 Å². The Morgan fingerprint density at radius 3 is 2.25 bits per heavy atom. The fourth-order valence-corrected chi connectivity index (χ4v) is 1.72. The molecule has 0 unspecified atom stereocenters. The Bertz CT molecular complexity index is 422. The van der Waals surface area contributed by atoms with Crippen LogP contribution in [0.25, 0.3) is 0 Å². The number of carbonyl (C=O) groups excluding carboxylic acids is 1. The van der Waals surface area contributed by atoms with Gasteiger partial charge in [0.15, 0.2) is 18.1 Å². The van der Waals surface area contributed by atoms with Crippen LogP contribution in [0, 0.1) is 0 Å². The Hall–Kier alpha value is -1.95. The lowest BCUT2D eigenvalue weighted by atomic mass is 10.2. The summed E-state index contributed by atoms with van der Waals surface area (Å²) in [4.78, 5) is 11.3. The monoisotopic (exact) mass is 283 g/mol. The molecule has 0 aliphatic rings. The number of carbonyl (C=O) groups is 1. The van der Waals surface area contributed by atoms with Crippen molar-refractivity contribution in [1.29, 1.82) is 0 Å². The number of rotatable bonds is 8. The molecule has 0 heterocycles. The molecule has 0 aromatic heterocycles. The molecule has 0 spiro atoms. The van der Waals surface area contributed by atoms with Gasteiger partial charge >= 0.3 is 5.97 Å². The van der Waals surface area contributed by atoms with E-state index in [2.05, 4.69) is 5.32 Å². The van der Waals surface area contributed by atoms with Crippen LogP contribution in [0.2, 0.25) is 0 Å². The molecule has 6 heteroatoms. The fraction of sp³-hybridized carbons (Fsp3) is 0.500. The minimum atomic E-state index is -0.434. The Morgan fingerprint density at radius 1 is 1.20 bits per heavy atom. The van der Waals surface area contributed by atoms with Gasteiger partial charge in [0.1, 0.15) is 0 Å². The van der Waals surface area contributed by atoms with Gasteiger partial charge in [0, 0.05) is 6.54 Å². The third-order valence-electron chi connectivity index (χ3n) is 2.54. The van der Waals surface area contributed by atoms with Crippen LogP contribution in [0.4, 0.5) is 0 Å². The van der Waals surface area contributed by atoms with Gasteiger partial charge in [-0.2, -0.15) is 0 Å². The topological polar surface area (TPSA) is 66.0 Å². The van der Waals surface area contributed by atoms with Crippen LogP contribution < -0.4 is 19.5 Å². The second kappa shape index (κ2) is 8.27. The SMILES string of the molecule is CCOC(=O)COc1c(OC)cc(CNC)cc1OC. The Labute approximate surface area is 119 Å². The molecule has 6 nitrogen and oxygen atoms in total. The first-order chi connectivity index (χ1) is 9.65. The van der Waals surface area contributed by atoms with Crippen LogP contribution in [0.15, 0.2) is 12.1 Å². The van der Waals surface area contributed by atoms with E-state index in [4.69, 9.17) is 18.9 Å². The third kappa shape index (κ3) is 4.31. The van der Waals surface area contributed by atoms with E-state index in [1.165, 1.54) is 14.2 Å².